The number of nitrogens with zero attached hydrogens (tertiary/aromatic N) is 4. The third-order valence-corrected chi connectivity index (χ3v) is 12.1. The summed E-state index contributed by atoms with van der Waals surface area (Å²) in [7, 11) is 0. The van der Waals surface area contributed by atoms with Crippen LogP contribution in [0.1, 0.15) is 30.8 Å². The molecular formula is C49H34N4O11. The monoisotopic (exact) mass is 854 g/mol. The van der Waals surface area contributed by atoms with Crippen molar-refractivity contribution in [3.8, 4) is 92.6 Å². The minimum Gasteiger partial charge on any atom is -0.511 e. The molecule has 10 rings (SSSR count). The van der Waals surface area contributed by atoms with E-state index >= 15 is 0 Å². The van der Waals surface area contributed by atoms with Crippen LogP contribution in [0.25, 0.3) is 77.4 Å². The lowest BCUT2D eigenvalue weighted by Gasteiger charge is -2.24. The largest absolute Gasteiger partial charge is 0.511 e. The van der Waals surface area contributed by atoms with Crippen molar-refractivity contribution in [2.45, 2.75) is 25.7 Å². The van der Waals surface area contributed by atoms with Gasteiger partial charge in [0.05, 0.1) is 17.5 Å². The van der Waals surface area contributed by atoms with Crippen LogP contribution in [-0.2, 0) is 11.8 Å². The number of aromatic nitrogens is 4. The van der Waals surface area contributed by atoms with Gasteiger partial charge in [0.1, 0.15) is 17.1 Å². The average molecular weight is 855 g/mol. The number of phenolic OH excluding ortho intramolecular Hbond substituents is 9. The number of terminal acetylenes is 1. The molecule has 15 heteroatoms. The van der Waals surface area contributed by atoms with Crippen LogP contribution in [0.2, 0.25) is 0 Å². The number of allylic oxidation sites excluding steroid dienone is 4. The first kappa shape index (κ1) is 39.1. The van der Waals surface area contributed by atoms with Crippen molar-refractivity contribution in [2.75, 3.05) is 0 Å². The second-order valence-corrected chi connectivity index (χ2v) is 16.0. The van der Waals surface area contributed by atoms with Crippen molar-refractivity contribution in [3.63, 3.8) is 0 Å². The van der Waals surface area contributed by atoms with Gasteiger partial charge in [0, 0.05) is 55.1 Å². The zero-order valence-electron chi connectivity index (χ0n) is 33.6. The molecular weight excluding hydrogens is 821 g/mol. The van der Waals surface area contributed by atoms with E-state index in [-0.39, 0.29) is 33.9 Å². The summed E-state index contributed by atoms with van der Waals surface area (Å²) >= 11 is 0. The van der Waals surface area contributed by atoms with Gasteiger partial charge < -0.3 is 60.7 Å². The Hall–Kier alpha value is -9.03. The molecule has 0 radical (unpaired) electrons. The first-order valence-electron chi connectivity index (χ1n) is 19.6. The van der Waals surface area contributed by atoms with E-state index in [0.717, 1.165) is 43.7 Å². The van der Waals surface area contributed by atoms with E-state index in [1.54, 1.807) is 6.07 Å². The van der Waals surface area contributed by atoms with Gasteiger partial charge in [-0.15, -0.1) is 6.42 Å². The standard InChI is InChI=1S/C49H34N4O11/c1-4-27(54)33-34-37(41(59)45(63)42(60)38(34)56)49(2,3)36(33)28(55)19-29-50-47(52-48(51-29)35-39(57)43(61)46(64)44(62)40(35)58)24-17-18-26-32-30(24)22-14-9-8-13-21(22)23-15-10-16-25(31(23)32)53(26)20-11-6-5-7-12-20/h1,5-18,54-64H,19H2,2-3H3/b33-27+,36-28-. The molecule has 1 aliphatic rings. The Labute approximate surface area is 360 Å². The van der Waals surface area contributed by atoms with Crippen LogP contribution in [0.4, 0.5) is 0 Å². The molecule has 15 nitrogen and oxygen atoms in total. The highest BCUT2D eigenvalue weighted by molar-refractivity contribution is 6.36. The highest BCUT2D eigenvalue weighted by Gasteiger charge is 2.48. The second kappa shape index (κ2) is 13.5. The predicted molar refractivity (Wildman–Crippen MR) is 237 cm³/mol. The molecule has 9 aromatic rings. The maximum absolute atomic E-state index is 12.2. The summed E-state index contributed by atoms with van der Waals surface area (Å²) in [6.45, 7) is 2.98. The van der Waals surface area contributed by atoms with E-state index in [2.05, 4.69) is 20.5 Å². The van der Waals surface area contributed by atoms with Crippen LogP contribution < -0.4 is 0 Å². The molecule has 0 bridgehead atoms. The first-order chi connectivity index (χ1) is 30.6. The van der Waals surface area contributed by atoms with E-state index in [0.29, 0.717) is 10.9 Å². The number of phenols is 9. The van der Waals surface area contributed by atoms with E-state index in [4.69, 9.17) is 11.4 Å². The Morgan fingerprint density at radius 2 is 1.11 bits per heavy atom. The van der Waals surface area contributed by atoms with Gasteiger partial charge >= 0.3 is 0 Å². The van der Waals surface area contributed by atoms with Gasteiger partial charge in [-0.25, -0.2) is 15.0 Å². The van der Waals surface area contributed by atoms with Gasteiger partial charge in [0.25, 0.3) is 0 Å². The van der Waals surface area contributed by atoms with Crippen LogP contribution in [-0.4, -0.2) is 75.7 Å². The lowest BCUT2D eigenvalue weighted by atomic mass is 9.80. The number of para-hydroxylation sites is 1. The lowest BCUT2D eigenvalue weighted by Crippen LogP contribution is -2.19. The summed E-state index contributed by atoms with van der Waals surface area (Å²) in [4.78, 5) is 13.9. The van der Waals surface area contributed by atoms with Crippen molar-refractivity contribution in [1.29, 1.82) is 0 Å². The minimum atomic E-state index is -1.56. The molecule has 7 aromatic carbocycles. The molecule has 64 heavy (non-hydrogen) atoms. The Morgan fingerprint density at radius 1 is 0.562 bits per heavy atom. The average Bonchev–Trinajstić information content (AvgIpc) is 3.77. The molecule has 316 valence electrons. The third-order valence-electron chi connectivity index (χ3n) is 12.1. The molecule has 1 aliphatic carbocycles. The van der Waals surface area contributed by atoms with Gasteiger partial charge in [-0.2, -0.15) is 0 Å². The van der Waals surface area contributed by atoms with Crippen LogP contribution in [0.3, 0.4) is 0 Å². The topological polar surface area (TPSA) is 266 Å². The fraction of sp³-hybridized carbons (Fsp3) is 0.0816. The molecule has 0 aliphatic heterocycles. The van der Waals surface area contributed by atoms with Gasteiger partial charge in [-0.1, -0.05) is 68.4 Å². The number of benzene rings is 7. The quantitative estimate of drug-likeness (QED) is 0.0254. The fourth-order valence-electron chi connectivity index (χ4n) is 9.42. The summed E-state index contributed by atoms with van der Waals surface area (Å²) in [6, 6.07) is 27.3. The Bertz CT molecular complexity index is 3610. The van der Waals surface area contributed by atoms with E-state index in [1.165, 1.54) is 13.8 Å². The van der Waals surface area contributed by atoms with Gasteiger partial charge in [-0.05, 0) is 52.4 Å². The van der Waals surface area contributed by atoms with Crippen molar-refractivity contribution in [3.05, 3.63) is 119 Å². The SMILES string of the molecule is C#C/C(O)=C1\C(=C(\O)Cc2nc(-c3c(O)c(O)c(O)c(O)c3O)nc(-c3ccc4c5c3c3ccccc3c3cccc(c35)n4-c3ccccc3)n2)C(C)(C)c2c(O)c(O)c(O)c(O)c21. The van der Waals surface area contributed by atoms with Gasteiger partial charge in [-0.3, -0.25) is 0 Å². The van der Waals surface area contributed by atoms with E-state index < -0.39 is 86.5 Å². The maximum atomic E-state index is 12.2. The summed E-state index contributed by atoms with van der Waals surface area (Å²) in [5, 5.41) is 125. The molecule has 0 atom stereocenters. The molecule has 0 saturated carbocycles. The minimum absolute atomic E-state index is 0.0725. The summed E-state index contributed by atoms with van der Waals surface area (Å²) in [6.07, 6.45) is 4.98. The zero-order chi connectivity index (χ0) is 45.3. The fourth-order valence-corrected chi connectivity index (χ4v) is 9.42. The number of hydrogen-bond acceptors (Lipinski definition) is 14. The molecule has 0 unspecified atom stereocenters. The Kier molecular flexibility index (Phi) is 8.24. The predicted octanol–water partition coefficient (Wildman–Crippen LogP) is 8.65. The van der Waals surface area contributed by atoms with Crippen molar-refractivity contribution < 1.29 is 56.2 Å². The smallest absolute Gasteiger partial charge is 0.208 e. The number of rotatable bonds is 5. The number of aliphatic hydroxyl groups is 2. The van der Waals surface area contributed by atoms with Crippen molar-refractivity contribution in [2.24, 2.45) is 0 Å². The highest BCUT2D eigenvalue weighted by atomic mass is 16.4. The summed E-state index contributed by atoms with van der Waals surface area (Å²) in [5.74, 6) is -9.97. The van der Waals surface area contributed by atoms with E-state index in [9.17, 15) is 56.2 Å². The van der Waals surface area contributed by atoms with Crippen molar-refractivity contribution >= 4 is 48.9 Å². The van der Waals surface area contributed by atoms with Crippen molar-refractivity contribution in [1.82, 2.24) is 19.5 Å². The first-order valence-corrected chi connectivity index (χ1v) is 19.6. The summed E-state index contributed by atoms with van der Waals surface area (Å²) < 4.78 is 2.15. The maximum Gasteiger partial charge on any atom is 0.208 e. The number of aliphatic hydroxyl groups excluding tert-OH is 2. The number of aromatic hydroxyl groups is 9. The zero-order valence-corrected chi connectivity index (χ0v) is 33.6. The number of hydrogen-bond donors (Lipinski definition) is 11. The van der Waals surface area contributed by atoms with Crippen LogP contribution in [0.15, 0.2) is 102 Å². The van der Waals surface area contributed by atoms with Crippen LogP contribution in [0.5, 0.6) is 51.7 Å². The van der Waals surface area contributed by atoms with Crippen LogP contribution >= 0.6 is 0 Å². The molecule has 0 amide bonds. The van der Waals surface area contributed by atoms with Crippen LogP contribution in [0, 0.1) is 12.3 Å². The molecule has 0 spiro atoms. The second-order valence-electron chi connectivity index (χ2n) is 16.0. The normalized spacial score (nSPS) is 15.0. The molecule has 2 aromatic heterocycles. The molecule has 0 fully saturated rings. The number of fused-ring (bicyclic) bond motifs is 4. The summed E-state index contributed by atoms with van der Waals surface area (Å²) in [5.41, 5.74) is -0.258. The lowest BCUT2D eigenvalue weighted by molar-refractivity contribution is 0.329. The Morgan fingerprint density at radius 3 is 1.78 bits per heavy atom. The third kappa shape index (κ3) is 5.13. The molecule has 0 saturated heterocycles. The van der Waals surface area contributed by atoms with Gasteiger partial charge in [0.15, 0.2) is 40.4 Å². The molecule has 2 heterocycles. The molecule has 11 N–H and O–H groups in total. The van der Waals surface area contributed by atoms with E-state index in [1.807, 2.05) is 78.9 Å². The van der Waals surface area contributed by atoms with Gasteiger partial charge in [0.2, 0.25) is 28.7 Å². The highest BCUT2D eigenvalue weighted by Crippen LogP contribution is 2.62. The Balaban J connectivity index is 1.29.